The fraction of sp³-hybridized carbons (Fsp3) is 0.105. The number of hydrogen-bond acceptors (Lipinski definition) is 8. The third-order valence-corrected chi connectivity index (χ3v) is 5.04. The van der Waals surface area contributed by atoms with Gasteiger partial charge in [0.25, 0.3) is 5.56 Å². The van der Waals surface area contributed by atoms with Crippen LogP contribution in [0.25, 0.3) is 16.6 Å². The average molecular weight is 443 g/mol. The first kappa shape index (κ1) is 19.9. The largest absolute Gasteiger partial charge is 0.382 e. The Labute approximate surface area is 180 Å². The van der Waals surface area contributed by atoms with E-state index in [1.165, 1.54) is 4.57 Å². The zero-order valence-electron chi connectivity index (χ0n) is 15.5. The number of rotatable bonds is 5. The van der Waals surface area contributed by atoms with Crippen molar-refractivity contribution in [3.8, 4) is 5.69 Å². The van der Waals surface area contributed by atoms with Crippen molar-refractivity contribution < 1.29 is 0 Å². The monoisotopic (exact) mass is 442 g/mol. The van der Waals surface area contributed by atoms with E-state index in [-0.39, 0.29) is 22.3 Å². The number of pyridine rings is 1. The van der Waals surface area contributed by atoms with Crippen LogP contribution in [-0.4, -0.2) is 31.0 Å². The van der Waals surface area contributed by atoms with Gasteiger partial charge in [0.2, 0.25) is 5.95 Å². The molecule has 0 bridgehead atoms. The molecular weight excluding hydrogens is 427 g/mol. The Morgan fingerprint density at radius 3 is 2.67 bits per heavy atom. The Balaban J connectivity index is 1.74. The van der Waals surface area contributed by atoms with Gasteiger partial charge in [-0.15, -0.1) is 0 Å². The van der Waals surface area contributed by atoms with Gasteiger partial charge in [-0.25, -0.2) is 4.98 Å². The summed E-state index contributed by atoms with van der Waals surface area (Å²) in [6.45, 7) is 0.356. The molecule has 5 N–H and O–H groups in total. The topological polar surface area (TPSA) is 138 Å². The van der Waals surface area contributed by atoms with Gasteiger partial charge in [-0.3, -0.25) is 14.3 Å². The summed E-state index contributed by atoms with van der Waals surface area (Å²) in [6, 6.07) is 8.68. The van der Waals surface area contributed by atoms with Crippen molar-refractivity contribution in [3.05, 3.63) is 68.9 Å². The smallest absolute Gasteiger partial charge is 0.267 e. The molecule has 0 aliphatic heterocycles. The average Bonchev–Trinajstić information content (AvgIpc) is 2.72. The van der Waals surface area contributed by atoms with Gasteiger partial charge in [0.05, 0.1) is 27.8 Å². The Morgan fingerprint density at radius 1 is 1.07 bits per heavy atom. The molecule has 11 heteroatoms. The Bertz CT molecular complexity index is 1290. The van der Waals surface area contributed by atoms with Gasteiger partial charge in [-0.05, 0) is 24.3 Å². The van der Waals surface area contributed by atoms with Crippen LogP contribution < -0.4 is 22.3 Å². The van der Waals surface area contributed by atoms with E-state index in [9.17, 15) is 4.79 Å². The SMILES string of the molecule is Nc1nc(N)c(Cl)c(NCCc2nc3cccc(Cl)c3c(=O)n2-c2cccnc2)n1. The van der Waals surface area contributed by atoms with Crippen molar-refractivity contribution in [1.29, 1.82) is 0 Å². The van der Waals surface area contributed by atoms with Gasteiger partial charge in [0.15, 0.2) is 5.82 Å². The minimum Gasteiger partial charge on any atom is -0.382 e. The standard InChI is InChI=1S/C19H16Cl2N8O/c20-11-4-1-5-12-14(11)18(30)29(10-3-2-7-24-9-10)13(26-12)6-8-25-17-15(21)16(22)27-19(23)28-17/h1-5,7,9H,6,8H2,(H5,22,23,25,27,28). The van der Waals surface area contributed by atoms with Gasteiger partial charge < -0.3 is 16.8 Å². The highest BCUT2D eigenvalue weighted by Gasteiger charge is 2.15. The van der Waals surface area contributed by atoms with Crippen molar-refractivity contribution in [1.82, 2.24) is 24.5 Å². The fourth-order valence-electron chi connectivity index (χ4n) is 3.05. The summed E-state index contributed by atoms with van der Waals surface area (Å²) >= 11 is 12.4. The molecule has 3 heterocycles. The zero-order chi connectivity index (χ0) is 21.3. The number of hydrogen-bond donors (Lipinski definition) is 3. The molecule has 0 atom stereocenters. The first-order chi connectivity index (χ1) is 14.5. The van der Waals surface area contributed by atoms with E-state index in [1.54, 1.807) is 42.7 Å². The van der Waals surface area contributed by atoms with Gasteiger partial charge in [-0.2, -0.15) is 9.97 Å². The third-order valence-electron chi connectivity index (χ3n) is 4.36. The minimum absolute atomic E-state index is 0.00476. The van der Waals surface area contributed by atoms with Gasteiger partial charge in [0, 0.05) is 19.2 Å². The predicted octanol–water partition coefficient (Wildman–Crippen LogP) is 2.70. The Kier molecular flexibility index (Phi) is 5.39. The Hall–Kier alpha value is -3.43. The van der Waals surface area contributed by atoms with E-state index in [4.69, 9.17) is 34.7 Å². The van der Waals surface area contributed by atoms with E-state index in [0.717, 1.165) is 0 Å². The molecule has 0 aliphatic carbocycles. The van der Waals surface area contributed by atoms with Gasteiger partial charge >= 0.3 is 0 Å². The molecule has 0 aliphatic rings. The van der Waals surface area contributed by atoms with E-state index < -0.39 is 0 Å². The van der Waals surface area contributed by atoms with Crippen molar-refractivity contribution >= 4 is 51.7 Å². The molecule has 0 fully saturated rings. The van der Waals surface area contributed by atoms with E-state index in [1.807, 2.05) is 0 Å². The lowest BCUT2D eigenvalue weighted by Gasteiger charge is -2.15. The van der Waals surface area contributed by atoms with Crippen LogP contribution in [0.4, 0.5) is 17.6 Å². The van der Waals surface area contributed by atoms with E-state index in [0.29, 0.717) is 46.2 Å². The maximum atomic E-state index is 13.3. The van der Waals surface area contributed by atoms with Gasteiger partial charge in [0.1, 0.15) is 16.7 Å². The van der Waals surface area contributed by atoms with Crippen LogP contribution in [0.15, 0.2) is 47.5 Å². The summed E-state index contributed by atoms with van der Waals surface area (Å²) < 4.78 is 1.49. The predicted molar refractivity (Wildman–Crippen MR) is 118 cm³/mol. The highest BCUT2D eigenvalue weighted by Crippen LogP contribution is 2.25. The van der Waals surface area contributed by atoms with Crippen LogP contribution in [0.2, 0.25) is 10.0 Å². The maximum absolute atomic E-state index is 13.3. The number of anilines is 3. The normalized spacial score (nSPS) is 11.0. The van der Waals surface area contributed by atoms with E-state index in [2.05, 4.69) is 25.3 Å². The lowest BCUT2D eigenvalue weighted by Crippen LogP contribution is -2.25. The van der Waals surface area contributed by atoms with Crippen LogP contribution in [0.1, 0.15) is 5.82 Å². The molecule has 4 aromatic rings. The molecule has 30 heavy (non-hydrogen) atoms. The summed E-state index contributed by atoms with van der Waals surface area (Å²) in [7, 11) is 0. The number of nitrogens with two attached hydrogens (primary N) is 2. The zero-order valence-corrected chi connectivity index (χ0v) is 17.0. The summed E-state index contributed by atoms with van der Waals surface area (Å²) in [5, 5.41) is 3.92. The van der Waals surface area contributed by atoms with Crippen molar-refractivity contribution in [2.75, 3.05) is 23.3 Å². The lowest BCUT2D eigenvalue weighted by molar-refractivity contribution is 0.806. The first-order valence-corrected chi connectivity index (χ1v) is 9.64. The summed E-state index contributed by atoms with van der Waals surface area (Å²) in [5.41, 5.74) is 12.2. The molecule has 0 unspecified atom stereocenters. The number of nitrogen functional groups attached to an aromatic ring is 2. The lowest BCUT2D eigenvalue weighted by atomic mass is 10.2. The molecular formula is C19H16Cl2N8O. The van der Waals surface area contributed by atoms with Crippen LogP contribution in [-0.2, 0) is 6.42 Å². The molecule has 0 amide bonds. The molecule has 1 aromatic carbocycles. The minimum atomic E-state index is -0.276. The first-order valence-electron chi connectivity index (χ1n) is 8.88. The third kappa shape index (κ3) is 3.72. The maximum Gasteiger partial charge on any atom is 0.267 e. The molecule has 3 aromatic heterocycles. The molecule has 9 nitrogen and oxygen atoms in total. The molecule has 152 valence electrons. The van der Waals surface area contributed by atoms with Gasteiger partial charge in [-0.1, -0.05) is 29.3 Å². The van der Waals surface area contributed by atoms with Crippen LogP contribution in [0, 0.1) is 0 Å². The van der Waals surface area contributed by atoms with Crippen LogP contribution in [0.5, 0.6) is 0 Å². The molecule has 0 saturated carbocycles. The molecule has 0 saturated heterocycles. The quantitative estimate of drug-likeness (QED) is 0.428. The number of halogens is 2. The highest BCUT2D eigenvalue weighted by molar-refractivity contribution is 6.35. The van der Waals surface area contributed by atoms with Crippen molar-refractivity contribution in [2.24, 2.45) is 0 Å². The fourth-order valence-corrected chi connectivity index (χ4v) is 3.45. The van der Waals surface area contributed by atoms with Crippen molar-refractivity contribution in [2.45, 2.75) is 6.42 Å². The summed E-state index contributed by atoms with van der Waals surface area (Å²) in [4.78, 5) is 29.9. The molecule has 4 rings (SSSR count). The summed E-state index contributed by atoms with van der Waals surface area (Å²) in [6.07, 6.45) is 3.58. The molecule has 0 radical (unpaired) electrons. The second-order valence-electron chi connectivity index (χ2n) is 6.32. The number of fused-ring (bicyclic) bond motifs is 1. The second kappa shape index (κ2) is 8.13. The summed E-state index contributed by atoms with van der Waals surface area (Å²) in [5.74, 6) is 0.907. The van der Waals surface area contributed by atoms with Crippen LogP contribution >= 0.6 is 23.2 Å². The van der Waals surface area contributed by atoms with Crippen LogP contribution in [0.3, 0.4) is 0 Å². The Morgan fingerprint density at radius 2 is 1.90 bits per heavy atom. The molecule has 0 spiro atoms. The number of nitrogens with one attached hydrogen (secondary N) is 1. The van der Waals surface area contributed by atoms with E-state index >= 15 is 0 Å². The van der Waals surface area contributed by atoms with Crippen molar-refractivity contribution in [3.63, 3.8) is 0 Å². The number of nitrogens with zero attached hydrogens (tertiary/aromatic N) is 5. The highest BCUT2D eigenvalue weighted by atomic mass is 35.5. The number of aromatic nitrogens is 5. The second-order valence-corrected chi connectivity index (χ2v) is 7.11. The number of benzene rings is 1.